The minimum atomic E-state index is -3.41. The lowest BCUT2D eigenvalue weighted by Gasteiger charge is -2.18. The zero-order valence-corrected chi connectivity index (χ0v) is 16.7. The molecule has 2 N–H and O–H groups in total. The normalized spacial score (nSPS) is 14.3. The summed E-state index contributed by atoms with van der Waals surface area (Å²) in [4.78, 5) is 36.3. The molecule has 9 heteroatoms. The van der Waals surface area contributed by atoms with E-state index in [0.29, 0.717) is 29.8 Å². The monoisotopic (exact) mass is 416 g/mol. The lowest BCUT2D eigenvalue weighted by Crippen LogP contribution is -2.25. The average molecular weight is 416 g/mol. The van der Waals surface area contributed by atoms with Crippen molar-refractivity contribution in [3.63, 3.8) is 0 Å². The number of Topliss-reactive ketones (excluding diaryl/α,β-unsaturated/α-hetero) is 1. The van der Waals surface area contributed by atoms with E-state index in [4.69, 9.17) is 4.74 Å². The smallest absolute Gasteiger partial charge is 0.338 e. The number of rotatable bonds is 6. The van der Waals surface area contributed by atoms with E-state index >= 15 is 0 Å². The number of carbonyl (C=O) groups is 3. The number of ether oxygens (including phenoxy) is 1. The third-order valence-corrected chi connectivity index (χ3v) is 4.97. The van der Waals surface area contributed by atoms with E-state index in [2.05, 4.69) is 10.0 Å². The summed E-state index contributed by atoms with van der Waals surface area (Å²) in [5, 5.41) is 2.74. The average Bonchev–Trinajstić information content (AvgIpc) is 2.66. The largest absolute Gasteiger partial charge is 0.451 e. The van der Waals surface area contributed by atoms with Gasteiger partial charge in [-0.3, -0.25) is 14.3 Å². The van der Waals surface area contributed by atoms with E-state index in [1.807, 2.05) is 0 Å². The van der Waals surface area contributed by atoms with Crippen molar-refractivity contribution >= 4 is 39.1 Å². The lowest BCUT2D eigenvalue weighted by atomic mass is 10.0. The second-order valence-corrected chi connectivity index (χ2v) is 8.53. The van der Waals surface area contributed by atoms with Crippen LogP contribution in [0.2, 0.25) is 0 Å². The molecule has 0 aliphatic carbocycles. The van der Waals surface area contributed by atoms with Gasteiger partial charge in [-0.05, 0) is 61.4 Å². The van der Waals surface area contributed by atoms with E-state index in [9.17, 15) is 22.8 Å². The van der Waals surface area contributed by atoms with Crippen molar-refractivity contribution in [2.24, 2.45) is 0 Å². The molecule has 2 aromatic carbocycles. The first kappa shape index (κ1) is 20.5. The van der Waals surface area contributed by atoms with Crippen molar-refractivity contribution in [2.75, 3.05) is 16.3 Å². The first-order valence-corrected chi connectivity index (χ1v) is 10.8. The molecule has 1 aliphatic heterocycles. The zero-order chi connectivity index (χ0) is 21.2. The molecular weight excluding hydrogens is 396 g/mol. The molecule has 0 saturated carbocycles. The molecule has 0 fully saturated rings. The summed E-state index contributed by atoms with van der Waals surface area (Å²) in [6, 6.07) is 10.7. The van der Waals surface area contributed by atoms with Crippen LogP contribution in [-0.2, 0) is 26.0 Å². The number of fused-ring (bicyclic) bond motifs is 1. The van der Waals surface area contributed by atoms with Crippen molar-refractivity contribution in [3.05, 3.63) is 59.2 Å². The molecule has 0 unspecified atom stereocenters. The summed E-state index contributed by atoms with van der Waals surface area (Å²) in [5.74, 6) is -1.11. The fraction of sp³-hybridized carbons (Fsp3) is 0.250. The van der Waals surface area contributed by atoms with Crippen molar-refractivity contribution in [1.29, 1.82) is 0 Å². The molecule has 0 radical (unpaired) electrons. The Morgan fingerprint density at radius 1 is 1.07 bits per heavy atom. The zero-order valence-electron chi connectivity index (χ0n) is 15.9. The van der Waals surface area contributed by atoms with Crippen LogP contribution in [0.5, 0.6) is 0 Å². The molecule has 8 nitrogen and oxygen atoms in total. The van der Waals surface area contributed by atoms with Gasteiger partial charge in [0, 0.05) is 23.4 Å². The summed E-state index contributed by atoms with van der Waals surface area (Å²) in [6.45, 7) is 1.47. The number of aryl methyl sites for hydroxylation is 1. The highest BCUT2D eigenvalue weighted by molar-refractivity contribution is 7.92. The van der Waals surface area contributed by atoms with E-state index in [1.54, 1.807) is 12.1 Å². The van der Waals surface area contributed by atoms with E-state index < -0.39 is 27.9 Å². The molecule has 3 rings (SSSR count). The standard InChI is InChI=1S/C20H20N2O6S/c1-12(19(24)13-3-7-16(8-4-13)22-29(2,26)27)28-20(25)15-5-9-17-14(11-15)6-10-18(23)21-17/h3-5,7-9,11-12,22H,6,10H2,1-2H3,(H,21,23)/t12-/m1/s1. The summed E-state index contributed by atoms with van der Waals surface area (Å²) in [6.07, 6.45) is 0.893. The highest BCUT2D eigenvalue weighted by Crippen LogP contribution is 2.24. The van der Waals surface area contributed by atoms with Crippen LogP contribution >= 0.6 is 0 Å². The van der Waals surface area contributed by atoms with Crippen LogP contribution in [0.1, 0.15) is 39.6 Å². The van der Waals surface area contributed by atoms with Crippen molar-refractivity contribution in [2.45, 2.75) is 25.9 Å². The summed E-state index contributed by atoms with van der Waals surface area (Å²) in [7, 11) is -3.41. The summed E-state index contributed by atoms with van der Waals surface area (Å²) < 4.78 is 30.1. The Bertz CT molecular complexity index is 1080. The Labute approximate surface area is 168 Å². The molecule has 0 spiro atoms. The van der Waals surface area contributed by atoms with Crippen molar-refractivity contribution in [3.8, 4) is 0 Å². The number of nitrogens with one attached hydrogen (secondary N) is 2. The molecule has 1 atom stereocenters. The van der Waals surface area contributed by atoms with Gasteiger partial charge in [-0.2, -0.15) is 0 Å². The minimum absolute atomic E-state index is 0.0650. The molecule has 1 amide bonds. The fourth-order valence-corrected chi connectivity index (χ4v) is 3.51. The second-order valence-electron chi connectivity index (χ2n) is 6.78. The molecule has 1 heterocycles. The van der Waals surface area contributed by atoms with Crippen LogP contribution in [0, 0.1) is 0 Å². The predicted octanol–water partition coefficient (Wildman–Crippen LogP) is 2.37. The third kappa shape index (κ3) is 5.20. The van der Waals surface area contributed by atoms with Gasteiger partial charge < -0.3 is 10.1 Å². The van der Waals surface area contributed by atoms with Crippen molar-refractivity contribution in [1.82, 2.24) is 0 Å². The number of benzene rings is 2. The minimum Gasteiger partial charge on any atom is -0.451 e. The van der Waals surface area contributed by atoms with Crippen LogP contribution in [0.4, 0.5) is 11.4 Å². The quantitative estimate of drug-likeness (QED) is 0.551. The Hall–Kier alpha value is -3.20. The van der Waals surface area contributed by atoms with Crippen molar-refractivity contribution < 1.29 is 27.5 Å². The topological polar surface area (TPSA) is 119 Å². The highest BCUT2D eigenvalue weighted by Gasteiger charge is 2.22. The maximum atomic E-state index is 12.5. The number of sulfonamides is 1. The van der Waals surface area contributed by atoms with Crippen LogP contribution < -0.4 is 10.0 Å². The van der Waals surface area contributed by atoms with Gasteiger partial charge >= 0.3 is 5.97 Å². The third-order valence-electron chi connectivity index (χ3n) is 4.36. The maximum Gasteiger partial charge on any atom is 0.338 e. The molecule has 0 aromatic heterocycles. The van der Waals surface area contributed by atoms with Gasteiger partial charge in [0.25, 0.3) is 0 Å². The molecule has 152 valence electrons. The molecule has 2 aromatic rings. The van der Waals surface area contributed by atoms with Gasteiger partial charge in [-0.15, -0.1) is 0 Å². The first-order valence-electron chi connectivity index (χ1n) is 8.88. The summed E-state index contributed by atoms with van der Waals surface area (Å²) >= 11 is 0. The van der Waals surface area contributed by atoms with Gasteiger partial charge in [-0.1, -0.05) is 0 Å². The van der Waals surface area contributed by atoms with E-state index in [0.717, 1.165) is 11.8 Å². The van der Waals surface area contributed by atoms with Crippen LogP contribution in [0.25, 0.3) is 0 Å². The number of carbonyl (C=O) groups excluding carboxylic acids is 3. The van der Waals surface area contributed by atoms with E-state index in [-0.39, 0.29) is 11.5 Å². The summed E-state index contributed by atoms with van der Waals surface area (Å²) in [5.41, 5.74) is 2.43. The molecule has 29 heavy (non-hydrogen) atoms. The van der Waals surface area contributed by atoms with Gasteiger partial charge in [0.1, 0.15) is 0 Å². The highest BCUT2D eigenvalue weighted by atomic mass is 32.2. The van der Waals surface area contributed by atoms with Crippen LogP contribution in [-0.4, -0.2) is 38.4 Å². The lowest BCUT2D eigenvalue weighted by molar-refractivity contribution is -0.116. The Morgan fingerprint density at radius 2 is 1.72 bits per heavy atom. The van der Waals surface area contributed by atoms with Gasteiger partial charge in [0.2, 0.25) is 21.7 Å². The molecular formula is C20H20N2O6S. The molecule has 0 bridgehead atoms. The molecule has 0 saturated heterocycles. The predicted molar refractivity (Wildman–Crippen MR) is 108 cm³/mol. The van der Waals surface area contributed by atoms with Crippen LogP contribution in [0.15, 0.2) is 42.5 Å². The van der Waals surface area contributed by atoms with Gasteiger partial charge in [-0.25, -0.2) is 13.2 Å². The number of hydrogen-bond acceptors (Lipinski definition) is 6. The molecule has 1 aliphatic rings. The number of anilines is 2. The Morgan fingerprint density at radius 3 is 2.38 bits per heavy atom. The fourth-order valence-electron chi connectivity index (χ4n) is 2.94. The van der Waals surface area contributed by atoms with E-state index in [1.165, 1.54) is 37.3 Å². The number of hydrogen-bond donors (Lipinski definition) is 2. The number of esters is 1. The SMILES string of the molecule is C[C@@H](OC(=O)c1ccc2c(c1)CCC(=O)N2)C(=O)c1ccc(NS(C)(=O)=O)cc1. The number of ketones is 1. The number of amides is 1. The Kier molecular flexibility index (Phi) is 5.69. The maximum absolute atomic E-state index is 12.5. The van der Waals surface area contributed by atoms with Crippen LogP contribution in [0.3, 0.4) is 0 Å². The Balaban J connectivity index is 1.66. The second kappa shape index (κ2) is 8.04. The van der Waals surface area contributed by atoms with Gasteiger partial charge in [0.15, 0.2) is 6.10 Å². The van der Waals surface area contributed by atoms with Gasteiger partial charge in [0.05, 0.1) is 11.8 Å². The first-order chi connectivity index (χ1) is 13.6.